The molecule has 134 valence electrons. The maximum atomic E-state index is 12.6. The summed E-state index contributed by atoms with van der Waals surface area (Å²) in [6, 6.07) is 9.71. The zero-order chi connectivity index (χ0) is 18.9. The Balaban J connectivity index is 1.70. The first-order valence-electron chi connectivity index (χ1n) is 7.82. The van der Waals surface area contributed by atoms with Crippen LogP contribution < -0.4 is 10.6 Å². The summed E-state index contributed by atoms with van der Waals surface area (Å²) in [7, 11) is 0. The van der Waals surface area contributed by atoms with Crippen LogP contribution in [0.3, 0.4) is 0 Å². The molecule has 0 atom stereocenters. The minimum Gasteiger partial charge on any atom is -0.326 e. The average molecular weight is 360 g/mol. The first-order chi connectivity index (χ1) is 12.2. The highest BCUT2D eigenvalue weighted by Crippen LogP contribution is 2.30. The molecule has 2 amide bonds. The van der Waals surface area contributed by atoms with Gasteiger partial charge in [-0.2, -0.15) is 13.2 Å². The van der Waals surface area contributed by atoms with Gasteiger partial charge in [0.1, 0.15) is 0 Å². The lowest BCUT2D eigenvalue weighted by Crippen LogP contribution is -2.09. The number of halogens is 3. The lowest BCUT2D eigenvalue weighted by atomic mass is 10.0. The summed E-state index contributed by atoms with van der Waals surface area (Å²) >= 11 is 0. The highest BCUT2D eigenvalue weighted by molar-refractivity contribution is 6.05. The Hall–Kier alpha value is -3.09. The van der Waals surface area contributed by atoms with Gasteiger partial charge in [0.15, 0.2) is 0 Å². The number of benzene rings is 2. The quantitative estimate of drug-likeness (QED) is 0.805. The van der Waals surface area contributed by atoms with Gasteiger partial charge in [0.2, 0.25) is 11.8 Å². The molecule has 0 radical (unpaired) electrons. The maximum absolute atomic E-state index is 12.6. The van der Waals surface area contributed by atoms with Gasteiger partial charge in [0.25, 0.3) is 0 Å². The van der Waals surface area contributed by atoms with Gasteiger partial charge in [0.05, 0.1) is 12.0 Å². The molecule has 3 rings (SSSR count). The van der Waals surface area contributed by atoms with Crippen LogP contribution in [0.25, 0.3) is 5.57 Å². The van der Waals surface area contributed by atoms with Crippen molar-refractivity contribution in [3.8, 4) is 0 Å². The van der Waals surface area contributed by atoms with Crippen LogP contribution in [0, 0.1) is 0 Å². The number of allylic oxidation sites excluding steroid dienone is 1. The van der Waals surface area contributed by atoms with E-state index in [2.05, 4.69) is 10.6 Å². The molecule has 0 aromatic heterocycles. The number of fused-ring (bicyclic) bond motifs is 1. The molecule has 0 saturated heterocycles. The molecular formula is C19H15F3N2O2. The highest BCUT2D eigenvalue weighted by Gasteiger charge is 2.29. The Labute approximate surface area is 147 Å². The number of anilines is 2. The molecule has 0 saturated carbocycles. The predicted octanol–water partition coefficient (Wildman–Crippen LogP) is 4.24. The maximum Gasteiger partial charge on any atom is 0.416 e. The second kappa shape index (κ2) is 6.67. The molecule has 1 aliphatic rings. The number of carbonyl (C=O) groups is 2. The lowest BCUT2D eigenvalue weighted by Gasteiger charge is -2.08. The third-order valence-electron chi connectivity index (χ3n) is 4.01. The minimum absolute atomic E-state index is 0.0958. The van der Waals surface area contributed by atoms with Gasteiger partial charge >= 0.3 is 6.18 Å². The van der Waals surface area contributed by atoms with Gasteiger partial charge in [-0.05, 0) is 54.0 Å². The SMILES string of the molecule is C/C(=C/C(=O)Nc1ccc2c(c1)CC(=O)N2)c1ccc(C(F)(F)F)cc1. The zero-order valence-corrected chi connectivity index (χ0v) is 13.8. The van der Waals surface area contributed by atoms with Crippen LogP contribution in [-0.4, -0.2) is 11.8 Å². The van der Waals surface area contributed by atoms with Crippen molar-refractivity contribution in [3.05, 3.63) is 65.2 Å². The van der Waals surface area contributed by atoms with Gasteiger partial charge in [-0.25, -0.2) is 0 Å². The van der Waals surface area contributed by atoms with E-state index >= 15 is 0 Å². The molecule has 0 bridgehead atoms. The molecule has 2 aromatic carbocycles. The highest BCUT2D eigenvalue weighted by atomic mass is 19.4. The molecule has 7 heteroatoms. The molecular weight excluding hydrogens is 345 g/mol. The van der Waals surface area contributed by atoms with Crippen molar-refractivity contribution in [1.29, 1.82) is 0 Å². The van der Waals surface area contributed by atoms with Gasteiger partial charge < -0.3 is 10.6 Å². The van der Waals surface area contributed by atoms with E-state index in [1.165, 1.54) is 18.2 Å². The Bertz CT molecular complexity index is 900. The van der Waals surface area contributed by atoms with E-state index in [-0.39, 0.29) is 12.3 Å². The first-order valence-corrected chi connectivity index (χ1v) is 7.82. The molecule has 0 aliphatic carbocycles. The van der Waals surface area contributed by atoms with E-state index in [0.29, 0.717) is 16.8 Å². The monoisotopic (exact) mass is 360 g/mol. The molecule has 0 unspecified atom stereocenters. The number of nitrogens with one attached hydrogen (secondary N) is 2. The third kappa shape index (κ3) is 3.93. The summed E-state index contributed by atoms with van der Waals surface area (Å²) in [5.74, 6) is -0.499. The summed E-state index contributed by atoms with van der Waals surface area (Å²) in [5, 5.41) is 5.39. The van der Waals surface area contributed by atoms with Crippen LogP contribution in [0.15, 0.2) is 48.5 Å². The Morgan fingerprint density at radius 3 is 2.50 bits per heavy atom. The average Bonchev–Trinajstić information content (AvgIpc) is 2.93. The largest absolute Gasteiger partial charge is 0.416 e. The summed E-state index contributed by atoms with van der Waals surface area (Å²) in [6.45, 7) is 1.65. The fourth-order valence-electron chi connectivity index (χ4n) is 2.69. The Morgan fingerprint density at radius 1 is 1.15 bits per heavy atom. The van der Waals surface area contributed by atoms with Crippen molar-refractivity contribution in [3.63, 3.8) is 0 Å². The lowest BCUT2D eigenvalue weighted by molar-refractivity contribution is -0.137. The molecule has 2 N–H and O–H groups in total. The van der Waals surface area contributed by atoms with E-state index in [4.69, 9.17) is 0 Å². The topological polar surface area (TPSA) is 58.2 Å². The van der Waals surface area contributed by atoms with Crippen LogP contribution in [0.4, 0.5) is 24.5 Å². The second-order valence-electron chi connectivity index (χ2n) is 5.99. The number of carbonyl (C=O) groups excluding carboxylic acids is 2. The predicted molar refractivity (Wildman–Crippen MR) is 92.5 cm³/mol. The van der Waals surface area contributed by atoms with Crippen molar-refractivity contribution in [2.75, 3.05) is 10.6 Å². The van der Waals surface area contributed by atoms with Crippen molar-refractivity contribution in [2.45, 2.75) is 19.5 Å². The first kappa shape index (κ1) is 17.7. The van der Waals surface area contributed by atoms with Crippen molar-refractivity contribution in [1.82, 2.24) is 0 Å². The standard InChI is InChI=1S/C19H15F3N2O2/c1-11(12-2-4-14(5-3-12)19(20,21)22)8-17(25)23-15-6-7-16-13(9-15)10-18(26)24-16/h2-9H,10H2,1H3,(H,23,25)(H,24,26)/b11-8-. The number of amides is 2. The van der Waals surface area contributed by atoms with Gasteiger partial charge in [0, 0.05) is 17.5 Å². The molecule has 0 spiro atoms. The van der Waals surface area contributed by atoms with E-state index in [1.807, 2.05) is 0 Å². The minimum atomic E-state index is -4.39. The van der Waals surface area contributed by atoms with Crippen LogP contribution in [0.2, 0.25) is 0 Å². The van der Waals surface area contributed by atoms with Crippen LogP contribution in [-0.2, 0) is 22.2 Å². The molecule has 1 heterocycles. The van der Waals surface area contributed by atoms with Crippen molar-refractivity contribution < 1.29 is 22.8 Å². The molecule has 4 nitrogen and oxygen atoms in total. The van der Waals surface area contributed by atoms with Crippen LogP contribution in [0.5, 0.6) is 0 Å². The molecule has 2 aromatic rings. The van der Waals surface area contributed by atoms with Gasteiger partial charge in [-0.1, -0.05) is 12.1 Å². The summed E-state index contributed by atoms with van der Waals surface area (Å²) in [4.78, 5) is 23.5. The molecule has 1 aliphatic heterocycles. The number of hydrogen-bond donors (Lipinski definition) is 2. The van der Waals surface area contributed by atoms with Crippen molar-refractivity contribution in [2.24, 2.45) is 0 Å². The van der Waals surface area contributed by atoms with E-state index < -0.39 is 17.6 Å². The second-order valence-corrected chi connectivity index (χ2v) is 5.99. The van der Waals surface area contributed by atoms with E-state index in [1.54, 1.807) is 25.1 Å². The zero-order valence-electron chi connectivity index (χ0n) is 13.8. The van der Waals surface area contributed by atoms with E-state index in [0.717, 1.165) is 23.4 Å². The van der Waals surface area contributed by atoms with E-state index in [9.17, 15) is 22.8 Å². The molecule has 0 fully saturated rings. The Kier molecular flexibility index (Phi) is 4.54. The fraction of sp³-hybridized carbons (Fsp3) is 0.158. The number of rotatable bonds is 3. The number of alkyl halides is 3. The van der Waals surface area contributed by atoms with Gasteiger partial charge in [-0.3, -0.25) is 9.59 Å². The van der Waals surface area contributed by atoms with Gasteiger partial charge in [-0.15, -0.1) is 0 Å². The Morgan fingerprint density at radius 2 is 1.85 bits per heavy atom. The normalized spacial score (nSPS) is 14.0. The summed E-state index contributed by atoms with van der Waals surface area (Å²) < 4.78 is 37.8. The number of hydrogen-bond acceptors (Lipinski definition) is 2. The molecule has 26 heavy (non-hydrogen) atoms. The fourth-order valence-corrected chi connectivity index (χ4v) is 2.69. The van der Waals surface area contributed by atoms with Crippen molar-refractivity contribution >= 4 is 28.8 Å². The summed E-state index contributed by atoms with van der Waals surface area (Å²) in [5.41, 5.74) is 2.40. The smallest absolute Gasteiger partial charge is 0.326 e. The summed E-state index contributed by atoms with van der Waals surface area (Å²) in [6.07, 6.45) is -2.81. The van der Waals surface area contributed by atoms with Crippen LogP contribution in [0.1, 0.15) is 23.6 Å². The third-order valence-corrected chi connectivity index (χ3v) is 4.01. The van der Waals surface area contributed by atoms with Crippen LogP contribution >= 0.6 is 0 Å².